The molecular weight excluding hydrogens is 282 g/mol. The second-order valence-corrected chi connectivity index (χ2v) is 4.41. The van der Waals surface area contributed by atoms with E-state index in [1.807, 2.05) is 18.3 Å². The van der Waals surface area contributed by atoms with Gasteiger partial charge in [0.2, 0.25) is 0 Å². The number of anilines is 1. The number of hydrogen-bond acceptors (Lipinski definition) is 5. The first kappa shape index (κ1) is 13.7. The summed E-state index contributed by atoms with van der Waals surface area (Å²) < 4.78 is 6.56. The average molecular weight is 295 g/mol. The van der Waals surface area contributed by atoms with E-state index in [1.165, 1.54) is 19.5 Å². The largest absolute Gasteiger partial charge is 0.467 e. The number of carbonyl (C=O) groups excluding carboxylic acids is 1. The molecule has 22 heavy (non-hydrogen) atoms. The Morgan fingerprint density at radius 1 is 1.23 bits per heavy atom. The van der Waals surface area contributed by atoms with E-state index in [2.05, 4.69) is 20.4 Å². The number of benzene rings is 1. The number of amides is 1. The van der Waals surface area contributed by atoms with Crippen LogP contribution in [-0.4, -0.2) is 32.8 Å². The zero-order chi connectivity index (χ0) is 15.4. The number of rotatable bonds is 4. The average Bonchev–Trinajstić information content (AvgIpc) is 3.10. The minimum Gasteiger partial charge on any atom is -0.467 e. The molecule has 0 unspecified atom stereocenters. The maximum absolute atomic E-state index is 12.3. The van der Waals surface area contributed by atoms with E-state index in [4.69, 9.17) is 4.74 Å². The van der Waals surface area contributed by atoms with Gasteiger partial charge < -0.3 is 10.1 Å². The number of nitrogens with zero attached hydrogens (tertiary/aromatic N) is 4. The van der Waals surface area contributed by atoms with Gasteiger partial charge in [-0.1, -0.05) is 6.07 Å². The van der Waals surface area contributed by atoms with Gasteiger partial charge in [0.1, 0.15) is 0 Å². The van der Waals surface area contributed by atoms with Crippen LogP contribution in [0.15, 0.2) is 55.1 Å². The third-order valence-corrected chi connectivity index (χ3v) is 2.95. The van der Waals surface area contributed by atoms with Crippen molar-refractivity contribution >= 4 is 11.6 Å². The maximum Gasteiger partial charge on any atom is 0.316 e. The Kier molecular flexibility index (Phi) is 3.78. The fourth-order valence-corrected chi connectivity index (χ4v) is 1.90. The molecule has 0 saturated heterocycles. The van der Waals surface area contributed by atoms with Gasteiger partial charge in [-0.15, -0.1) is 0 Å². The normalized spacial score (nSPS) is 10.2. The van der Waals surface area contributed by atoms with Crippen LogP contribution in [0, 0.1) is 0 Å². The summed E-state index contributed by atoms with van der Waals surface area (Å²) in [6.45, 7) is 0. The summed E-state index contributed by atoms with van der Waals surface area (Å²) in [5, 5.41) is 6.87. The van der Waals surface area contributed by atoms with Crippen LogP contribution >= 0.6 is 0 Å². The Bertz CT molecular complexity index is 769. The molecule has 0 aliphatic rings. The predicted octanol–water partition coefficient (Wildman–Crippen LogP) is 1.92. The van der Waals surface area contributed by atoms with Gasteiger partial charge in [-0.25, -0.2) is 14.6 Å². The summed E-state index contributed by atoms with van der Waals surface area (Å²) in [6.07, 6.45) is 6.47. The lowest BCUT2D eigenvalue weighted by atomic mass is 10.2. The van der Waals surface area contributed by atoms with E-state index in [1.54, 1.807) is 29.1 Å². The summed E-state index contributed by atoms with van der Waals surface area (Å²) >= 11 is 0. The van der Waals surface area contributed by atoms with Gasteiger partial charge in [0, 0.05) is 18.0 Å². The first-order chi connectivity index (χ1) is 10.8. The van der Waals surface area contributed by atoms with Crippen LogP contribution < -0.4 is 10.1 Å². The van der Waals surface area contributed by atoms with Crippen molar-refractivity contribution in [2.45, 2.75) is 0 Å². The second-order valence-electron chi connectivity index (χ2n) is 4.41. The molecule has 3 aromatic rings. The van der Waals surface area contributed by atoms with Gasteiger partial charge in [-0.2, -0.15) is 5.10 Å². The molecule has 0 atom stereocenters. The molecule has 0 fully saturated rings. The third-order valence-electron chi connectivity index (χ3n) is 2.95. The molecule has 110 valence electrons. The summed E-state index contributed by atoms with van der Waals surface area (Å²) in [5.41, 5.74) is 1.82. The van der Waals surface area contributed by atoms with Crippen molar-refractivity contribution in [3.63, 3.8) is 0 Å². The molecule has 0 aliphatic carbocycles. The van der Waals surface area contributed by atoms with Crippen molar-refractivity contribution in [1.82, 2.24) is 19.7 Å². The third kappa shape index (κ3) is 2.93. The molecule has 1 N–H and O–H groups in total. The van der Waals surface area contributed by atoms with E-state index < -0.39 is 0 Å². The highest BCUT2D eigenvalue weighted by Gasteiger charge is 2.08. The van der Waals surface area contributed by atoms with Crippen molar-refractivity contribution in [3.05, 3.63) is 60.7 Å². The van der Waals surface area contributed by atoms with Gasteiger partial charge in [-0.3, -0.25) is 4.79 Å². The molecule has 2 heterocycles. The smallest absolute Gasteiger partial charge is 0.316 e. The molecule has 1 aromatic carbocycles. The summed E-state index contributed by atoms with van der Waals surface area (Å²) in [6, 6.07) is 9.23. The zero-order valence-electron chi connectivity index (χ0n) is 11.8. The lowest BCUT2D eigenvalue weighted by Gasteiger charge is -2.07. The van der Waals surface area contributed by atoms with Crippen molar-refractivity contribution in [2.24, 2.45) is 0 Å². The summed E-state index contributed by atoms with van der Waals surface area (Å²) in [5.74, 6) is -0.247. The van der Waals surface area contributed by atoms with Crippen LogP contribution in [0.3, 0.4) is 0 Å². The Morgan fingerprint density at radius 3 is 2.73 bits per heavy atom. The van der Waals surface area contributed by atoms with Gasteiger partial charge in [-0.05, 0) is 24.3 Å². The molecule has 1 amide bonds. The first-order valence-corrected chi connectivity index (χ1v) is 6.54. The molecule has 3 rings (SSSR count). The topological polar surface area (TPSA) is 81.9 Å². The second kappa shape index (κ2) is 6.04. The monoisotopic (exact) mass is 295 g/mol. The summed E-state index contributed by atoms with van der Waals surface area (Å²) in [7, 11) is 1.48. The molecular formula is C15H13N5O2. The minimum absolute atomic E-state index is 0.247. The maximum atomic E-state index is 12.3. The minimum atomic E-state index is -0.247. The highest BCUT2D eigenvalue weighted by atomic mass is 16.5. The number of aromatic nitrogens is 4. The van der Waals surface area contributed by atoms with Crippen LogP contribution in [-0.2, 0) is 0 Å². The van der Waals surface area contributed by atoms with Crippen molar-refractivity contribution in [1.29, 1.82) is 0 Å². The van der Waals surface area contributed by atoms with Crippen LogP contribution in [0.25, 0.3) is 5.69 Å². The molecule has 2 aromatic heterocycles. The molecule has 7 heteroatoms. The quantitative estimate of drug-likeness (QED) is 0.795. The van der Waals surface area contributed by atoms with Crippen LogP contribution in [0.5, 0.6) is 6.01 Å². The molecule has 0 spiro atoms. The number of nitrogens with one attached hydrogen (secondary N) is 1. The molecule has 0 aliphatic heterocycles. The Morgan fingerprint density at radius 2 is 2.05 bits per heavy atom. The SMILES string of the molecule is COc1ncc(NC(=O)c2cccc(-n3cccn3)c2)cn1. The van der Waals surface area contributed by atoms with Crippen LogP contribution in [0.2, 0.25) is 0 Å². The Balaban J connectivity index is 1.78. The van der Waals surface area contributed by atoms with Crippen LogP contribution in [0.1, 0.15) is 10.4 Å². The fourth-order valence-electron chi connectivity index (χ4n) is 1.90. The standard InChI is InChI=1S/C15H13N5O2/c1-22-15-16-9-12(10-17-15)19-14(21)11-4-2-5-13(8-11)20-7-3-6-18-20/h2-10H,1H3,(H,19,21). The highest BCUT2D eigenvalue weighted by molar-refractivity contribution is 6.04. The number of carbonyl (C=O) groups is 1. The van der Waals surface area contributed by atoms with Crippen molar-refractivity contribution in [3.8, 4) is 11.7 Å². The number of methoxy groups -OCH3 is 1. The highest BCUT2D eigenvalue weighted by Crippen LogP contribution is 2.13. The predicted molar refractivity (Wildman–Crippen MR) is 80.1 cm³/mol. The molecule has 0 saturated carbocycles. The summed E-state index contributed by atoms with van der Waals surface area (Å²) in [4.78, 5) is 20.1. The Hall–Kier alpha value is -3.22. The van der Waals surface area contributed by atoms with Crippen LogP contribution in [0.4, 0.5) is 5.69 Å². The van der Waals surface area contributed by atoms with Gasteiger partial charge in [0.05, 0.1) is 30.9 Å². The molecule has 0 bridgehead atoms. The van der Waals surface area contributed by atoms with Gasteiger partial charge in [0.15, 0.2) is 0 Å². The van der Waals surface area contributed by atoms with E-state index in [-0.39, 0.29) is 11.9 Å². The molecule has 7 nitrogen and oxygen atoms in total. The Labute approximate surface area is 126 Å². The van der Waals surface area contributed by atoms with E-state index in [0.717, 1.165) is 5.69 Å². The van der Waals surface area contributed by atoms with E-state index >= 15 is 0 Å². The lowest BCUT2D eigenvalue weighted by Crippen LogP contribution is -2.13. The fraction of sp³-hybridized carbons (Fsp3) is 0.0667. The van der Waals surface area contributed by atoms with Crippen molar-refractivity contribution < 1.29 is 9.53 Å². The number of ether oxygens (including phenoxy) is 1. The number of hydrogen-bond donors (Lipinski definition) is 1. The van der Waals surface area contributed by atoms with Crippen molar-refractivity contribution in [2.75, 3.05) is 12.4 Å². The van der Waals surface area contributed by atoms with Gasteiger partial charge >= 0.3 is 6.01 Å². The first-order valence-electron chi connectivity index (χ1n) is 6.54. The van der Waals surface area contributed by atoms with E-state index in [0.29, 0.717) is 11.3 Å². The molecule has 0 radical (unpaired) electrons. The van der Waals surface area contributed by atoms with E-state index in [9.17, 15) is 4.79 Å². The lowest BCUT2D eigenvalue weighted by molar-refractivity contribution is 0.102. The van der Waals surface area contributed by atoms with Gasteiger partial charge in [0.25, 0.3) is 5.91 Å². The zero-order valence-corrected chi connectivity index (χ0v) is 11.8.